The number of carboxylic acid groups (broad SMARTS) is 1. The number of carbonyl (C=O) groups excluding carboxylic acids is 1. The highest BCUT2D eigenvalue weighted by Crippen LogP contribution is 2.14. The fraction of sp³-hybridized carbons (Fsp3) is 0.333. The predicted octanol–water partition coefficient (Wildman–Crippen LogP) is 2.33. The quantitative estimate of drug-likeness (QED) is 0.772. The van der Waals surface area contributed by atoms with Gasteiger partial charge in [0.1, 0.15) is 6.04 Å². The summed E-state index contributed by atoms with van der Waals surface area (Å²) in [6, 6.07) is 8.41. The number of nitrogens with one attached hydrogen (secondary N) is 1. The summed E-state index contributed by atoms with van der Waals surface area (Å²) < 4.78 is 0. The Morgan fingerprint density at radius 3 is 2.47 bits per heavy atom. The van der Waals surface area contributed by atoms with Gasteiger partial charge in [-0.2, -0.15) is 0 Å². The minimum Gasteiger partial charge on any atom is -0.480 e. The second-order valence-corrected chi connectivity index (χ2v) is 4.34. The van der Waals surface area contributed by atoms with Gasteiger partial charge in [-0.25, -0.2) is 4.79 Å². The molecule has 0 radical (unpaired) electrons. The van der Waals surface area contributed by atoms with Crippen LogP contribution in [0.1, 0.15) is 31.7 Å². The molecule has 19 heavy (non-hydrogen) atoms. The summed E-state index contributed by atoms with van der Waals surface area (Å²) in [6.07, 6.45) is 3.79. The van der Waals surface area contributed by atoms with E-state index in [2.05, 4.69) is 5.32 Å². The standard InChI is InChI=1S/C15H19NO3/c1-3-4-10-13(15(18)19)16-14(17)11(2)12-8-6-5-7-9-12/h3-9,11,13H,10H2,1-2H3,(H,16,17)(H,18,19)/b4-3+/t11-,13?/m0/s1. The average molecular weight is 261 g/mol. The molecule has 1 aromatic carbocycles. The van der Waals surface area contributed by atoms with Crippen LogP contribution in [-0.2, 0) is 9.59 Å². The zero-order chi connectivity index (χ0) is 14.3. The van der Waals surface area contributed by atoms with Crippen molar-refractivity contribution in [2.45, 2.75) is 32.2 Å². The van der Waals surface area contributed by atoms with Crippen LogP contribution in [0.25, 0.3) is 0 Å². The van der Waals surface area contributed by atoms with Crippen LogP contribution in [0.15, 0.2) is 42.5 Å². The third-order valence-electron chi connectivity index (χ3n) is 2.91. The van der Waals surface area contributed by atoms with Gasteiger partial charge in [0.25, 0.3) is 0 Å². The fourth-order valence-corrected chi connectivity index (χ4v) is 1.68. The smallest absolute Gasteiger partial charge is 0.326 e. The van der Waals surface area contributed by atoms with Crippen molar-refractivity contribution >= 4 is 11.9 Å². The Morgan fingerprint density at radius 2 is 1.95 bits per heavy atom. The second kappa shape index (κ2) is 7.36. The monoisotopic (exact) mass is 261 g/mol. The number of hydrogen-bond donors (Lipinski definition) is 2. The van der Waals surface area contributed by atoms with Crippen molar-refractivity contribution in [3.05, 3.63) is 48.0 Å². The summed E-state index contributed by atoms with van der Waals surface area (Å²) in [4.78, 5) is 23.1. The molecule has 0 aliphatic carbocycles. The van der Waals surface area contributed by atoms with Crippen LogP contribution in [0.4, 0.5) is 0 Å². The molecule has 1 rings (SSSR count). The van der Waals surface area contributed by atoms with E-state index in [9.17, 15) is 9.59 Å². The summed E-state index contributed by atoms with van der Waals surface area (Å²) >= 11 is 0. The van der Waals surface area contributed by atoms with Gasteiger partial charge < -0.3 is 10.4 Å². The highest BCUT2D eigenvalue weighted by molar-refractivity contribution is 5.87. The van der Waals surface area contributed by atoms with E-state index in [1.165, 1.54) is 0 Å². The molecule has 2 N–H and O–H groups in total. The largest absolute Gasteiger partial charge is 0.480 e. The summed E-state index contributed by atoms with van der Waals surface area (Å²) in [7, 11) is 0. The Morgan fingerprint density at radius 1 is 1.32 bits per heavy atom. The van der Waals surface area contributed by atoms with E-state index in [-0.39, 0.29) is 11.8 Å². The van der Waals surface area contributed by atoms with Gasteiger partial charge in [-0.3, -0.25) is 4.79 Å². The molecule has 1 aromatic rings. The minimum absolute atomic E-state index is 0.275. The van der Waals surface area contributed by atoms with Crippen molar-refractivity contribution in [3.63, 3.8) is 0 Å². The molecule has 0 saturated heterocycles. The summed E-state index contributed by atoms with van der Waals surface area (Å²) in [5.41, 5.74) is 0.871. The predicted molar refractivity (Wildman–Crippen MR) is 73.9 cm³/mol. The van der Waals surface area contributed by atoms with Crippen molar-refractivity contribution in [1.29, 1.82) is 0 Å². The molecule has 102 valence electrons. The molecule has 1 amide bonds. The second-order valence-electron chi connectivity index (χ2n) is 4.34. The maximum atomic E-state index is 12.0. The number of carbonyl (C=O) groups is 2. The van der Waals surface area contributed by atoms with Gasteiger partial charge in [0.2, 0.25) is 5.91 Å². The molecule has 0 spiro atoms. The third-order valence-corrected chi connectivity index (χ3v) is 2.91. The van der Waals surface area contributed by atoms with Crippen molar-refractivity contribution in [2.75, 3.05) is 0 Å². The van der Waals surface area contributed by atoms with Crippen molar-refractivity contribution < 1.29 is 14.7 Å². The summed E-state index contributed by atoms with van der Waals surface area (Å²) in [5.74, 6) is -1.66. The van der Waals surface area contributed by atoms with E-state index in [1.54, 1.807) is 19.1 Å². The van der Waals surface area contributed by atoms with Crippen molar-refractivity contribution in [3.8, 4) is 0 Å². The molecule has 0 aliphatic heterocycles. The minimum atomic E-state index is -1.02. The van der Waals surface area contributed by atoms with Crippen LogP contribution in [0.5, 0.6) is 0 Å². The van der Waals surface area contributed by atoms with Crippen LogP contribution in [0.3, 0.4) is 0 Å². The maximum absolute atomic E-state index is 12.0. The summed E-state index contributed by atoms with van der Waals surface area (Å²) in [5, 5.41) is 11.6. The maximum Gasteiger partial charge on any atom is 0.326 e. The first-order chi connectivity index (χ1) is 9.06. The van der Waals surface area contributed by atoms with Crippen molar-refractivity contribution in [2.24, 2.45) is 0 Å². The zero-order valence-corrected chi connectivity index (χ0v) is 11.2. The Labute approximate surface area is 113 Å². The van der Waals surface area contributed by atoms with E-state index in [0.29, 0.717) is 6.42 Å². The van der Waals surface area contributed by atoms with Gasteiger partial charge in [0, 0.05) is 0 Å². The van der Waals surface area contributed by atoms with Gasteiger partial charge in [0.15, 0.2) is 0 Å². The lowest BCUT2D eigenvalue weighted by Gasteiger charge is -2.17. The van der Waals surface area contributed by atoms with E-state index >= 15 is 0 Å². The summed E-state index contributed by atoms with van der Waals surface area (Å²) in [6.45, 7) is 3.58. The van der Waals surface area contributed by atoms with Crippen LogP contribution in [0.2, 0.25) is 0 Å². The number of allylic oxidation sites excluding steroid dienone is 1. The normalized spacial score (nSPS) is 14.0. The Hall–Kier alpha value is -2.10. The third kappa shape index (κ3) is 4.58. The van der Waals surface area contributed by atoms with Crippen LogP contribution in [-0.4, -0.2) is 23.0 Å². The molecular formula is C15H19NO3. The Kier molecular flexibility index (Phi) is 5.79. The lowest BCUT2D eigenvalue weighted by Crippen LogP contribution is -2.42. The van der Waals surface area contributed by atoms with E-state index in [1.807, 2.05) is 37.3 Å². The molecule has 0 aromatic heterocycles. The molecule has 0 fully saturated rings. The van der Waals surface area contributed by atoms with Crippen LogP contribution in [0, 0.1) is 0 Å². The number of benzene rings is 1. The first kappa shape index (κ1) is 15.0. The van der Waals surface area contributed by atoms with E-state index < -0.39 is 12.0 Å². The number of aliphatic carboxylic acids is 1. The van der Waals surface area contributed by atoms with Gasteiger partial charge in [-0.1, -0.05) is 42.5 Å². The molecule has 2 atom stereocenters. The van der Waals surface area contributed by atoms with Crippen molar-refractivity contribution in [1.82, 2.24) is 5.32 Å². The molecule has 0 bridgehead atoms. The highest BCUT2D eigenvalue weighted by atomic mass is 16.4. The Balaban J connectivity index is 2.69. The molecule has 1 unspecified atom stereocenters. The molecule has 4 heteroatoms. The topological polar surface area (TPSA) is 66.4 Å². The van der Waals surface area contributed by atoms with Gasteiger partial charge in [-0.15, -0.1) is 0 Å². The SMILES string of the molecule is C/C=C/CC(NC(=O)[C@@H](C)c1ccccc1)C(=O)O. The lowest BCUT2D eigenvalue weighted by molar-refractivity contribution is -0.141. The van der Waals surface area contributed by atoms with Gasteiger partial charge in [-0.05, 0) is 25.8 Å². The van der Waals surface area contributed by atoms with Gasteiger partial charge in [0.05, 0.1) is 5.92 Å². The molecular weight excluding hydrogens is 242 g/mol. The number of rotatable bonds is 6. The highest BCUT2D eigenvalue weighted by Gasteiger charge is 2.22. The van der Waals surface area contributed by atoms with Gasteiger partial charge >= 0.3 is 5.97 Å². The lowest BCUT2D eigenvalue weighted by atomic mass is 10.00. The number of hydrogen-bond acceptors (Lipinski definition) is 2. The zero-order valence-electron chi connectivity index (χ0n) is 11.2. The Bertz CT molecular complexity index is 454. The van der Waals surface area contributed by atoms with E-state index in [4.69, 9.17) is 5.11 Å². The fourth-order valence-electron chi connectivity index (χ4n) is 1.68. The number of amides is 1. The molecule has 0 heterocycles. The molecule has 0 saturated carbocycles. The number of carboxylic acids is 1. The molecule has 4 nitrogen and oxygen atoms in total. The van der Waals surface area contributed by atoms with Crippen LogP contribution < -0.4 is 5.32 Å². The van der Waals surface area contributed by atoms with E-state index in [0.717, 1.165) is 5.56 Å². The first-order valence-electron chi connectivity index (χ1n) is 6.25. The average Bonchev–Trinajstić information content (AvgIpc) is 2.43. The molecule has 0 aliphatic rings. The van der Waals surface area contributed by atoms with Crippen LogP contribution >= 0.6 is 0 Å². The first-order valence-corrected chi connectivity index (χ1v) is 6.25.